The van der Waals surface area contributed by atoms with Gasteiger partial charge in [-0.25, -0.2) is 15.0 Å². The summed E-state index contributed by atoms with van der Waals surface area (Å²) in [6.07, 6.45) is -1.05. The third kappa shape index (κ3) is 6.80. The van der Waals surface area contributed by atoms with Gasteiger partial charge >= 0.3 is 12.4 Å². The summed E-state index contributed by atoms with van der Waals surface area (Å²) in [6.45, 7) is 1.89. The van der Waals surface area contributed by atoms with Crippen LogP contribution in [0.4, 0.5) is 38.1 Å². The van der Waals surface area contributed by atoms with Crippen molar-refractivity contribution < 1.29 is 26.3 Å². The Morgan fingerprint density at radius 2 is 1.56 bits per heavy atom. The molecule has 1 aliphatic heterocycles. The summed E-state index contributed by atoms with van der Waals surface area (Å²) in [6, 6.07) is 0.980. The molecule has 4 aromatic rings. The number of nitrogens with zero attached hydrogens (tertiary/aromatic N) is 8. The van der Waals surface area contributed by atoms with Crippen LogP contribution in [0.3, 0.4) is 0 Å². The molecular weight excluding hydrogens is 621 g/mol. The van der Waals surface area contributed by atoms with E-state index in [1.807, 2.05) is 11.8 Å². The third-order valence-electron chi connectivity index (χ3n) is 7.21. The van der Waals surface area contributed by atoms with Crippen molar-refractivity contribution in [1.82, 2.24) is 29.7 Å². The third-order valence-corrected chi connectivity index (χ3v) is 7.66. The molecule has 5 rings (SSSR count). The first kappa shape index (κ1) is 30.8. The molecular formula is C27H24Cl2F6N8. The molecule has 1 fully saturated rings. The summed E-state index contributed by atoms with van der Waals surface area (Å²) in [5, 5.41) is 4.35. The average Bonchev–Trinajstić information content (AvgIpc) is 3.58. The summed E-state index contributed by atoms with van der Waals surface area (Å²) in [5.41, 5.74) is -1.62. The Kier molecular flexibility index (Phi) is 8.45. The zero-order valence-electron chi connectivity index (χ0n) is 22.7. The van der Waals surface area contributed by atoms with Crippen molar-refractivity contribution >= 4 is 35.0 Å². The molecule has 8 nitrogen and oxygen atoms in total. The number of rotatable bonds is 7. The Balaban J connectivity index is 1.56. The molecule has 1 saturated heterocycles. The minimum Gasteiger partial charge on any atom is -0.350 e. The maximum atomic E-state index is 13.7. The van der Waals surface area contributed by atoms with Crippen molar-refractivity contribution in [3.63, 3.8) is 0 Å². The van der Waals surface area contributed by atoms with Crippen LogP contribution in [-0.2, 0) is 25.9 Å². The van der Waals surface area contributed by atoms with Crippen LogP contribution < -0.4 is 9.80 Å². The van der Waals surface area contributed by atoms with E-state index in [-0.39, 0.29) is 47.0 Å². The van der Waals surface area contributed by atoms with Gasteiger partial charge in [0.25, 0.3) is 0 Å². The number of aromatic nitrogens is 6. The lowest BCUT2D eigenvalue weighted by Crippen LogP contribution is -2.39. The lowest BCUT2D eigenvalue weighted by atomic mass is 10.0. The van der Waals surface area contributed by atoms with E-state index in [4.69, 9.17) is 23.2 Å². The average molecular weight is 645 g/mol. The van der Waals surface area contributed by atoms with Gasteiger partial charge in [0.05, 0.1) is 29.6 Å². The van der Waals surface area contributed by atoms with E-state index in [2.05, 4.69) is 25.0 Å². The standard InChI is InChI=1S/C27H24Cl2F6N8/c1-3-20-7-21(14-42(20)23-22(28)11-36-24(29)40-23)43(25-37-8-16(9-38-25)17-10-39-41(2)13-17)12-15-4-18(26(30,31)32)6-19(5-15)27(33,34)35/h4-6,8-11,13,20-21H,3,7,12,14H2,1-2H3/t20?,21-/m0/s1. The molecule has 0 amide bonds. The second-order valence-corrected chi connectivity index (χ2v) is 10.9. The predicted octanol–water partition coefficient (Wildman–Crippen LogP) is 7.08. The maximum Gasteiger partial charge on any atom is 0.416 e. The van der Waals surface area contributed by atoms with Gasteiger partial charge in [0.15, 0.2) is 5.82 Å². The maximum absolute atomic E-state index is 13.7. The van der Waals surface area contributed by atoms with Gasteiger partial charge in [-0.3, -0.25) is 4.68 Å². The van der Waals surface area contributed by atoms with Crippen LogP contribution in [-0.4, -0.2) is 48.3 Å². The van der Waals surface area contributed by atoms with Crippen LogP contribution in [0, 0.1) is 0 Å². The lowest BCUT2D eigenvalue weighted by molar-refractivity contribution is -0.143. The highest BCUT2D eigenvalue weighted by Gasteiger charge is 2.40. The molecule has 0 spiro atoms. The van der Waals surface area contributed by atoms with Gasteiger partial charge in [0, 0.05) is 55.9 Å². The molecule has 3 aromatic heterocycles. The van der Waals surface area contributed by atoms with Crippen LogP contribution in [0.25, 0.3) is 11.1 Å². The van der Waals surface area contributed by atoms with Crippen molar-refractivity contribution in [2.45, 2.75) is 50.7 Å². The largest absolute Gasteiger partial charge is 0.416 e. The molecule has 1 aromatic carbocycles. The molecule has 2 atom stereocenters. The van der Waals surface area contributed by atoms with Gasteiger partial charge in [0.1, 0.15) is 5.02 Å². The SMILES string of the molecule is CCC1C[C@H](N(Cc2cc(C(F)(F)F)cc(C(F)(F)F)c2)c2ncc(-c3cnn(C)c3)cn2)CN1c1nc(Cl)ncc1Cl. The van der Waals surface area contributed by atoms with Crippen LogP contribution in [0.1, 0.15) is 36.5 Å². The number of anilines is 2. The number of aryl methyl sites for hydroxylation is 1. The van der Waals surface area contributed by atoms with E-state index in [0.717, 1.165) is 17.7 Å². The quantitative estimate of drug-likeness (QED) is 0.157. The van der Waals surface area contributed by atoms with Gasteiger partial charge in [-0.1, -0.05) is 18.5 Å². The topological polar surface area (TPSA) is 75.9 Å². The fraction of sp³-hybridized carbons (Fsp3) is 0.370. The lowest BCUT2D eigenvalue weighted by Gasteiger charge is -2.30. The number of alkyl halides is 6. The molecule has 16 heteroatoms. The predicted molar refractivity (Wildman–Crippen MR) is 149 cm³/mol. The van der Waals surface area contributed by atoms with Crippen molar-refractivity contribution in [2.75, 3.05) is 16.3 Å². The summed E-state index contributed by atoms with van der Waals surface area (Å²) < 4.78 is 83.5. The second kappa shape index (κ2) is 11.8. The van der Waals surface area contributed by atoms with Gasteiger partial charge in [-0.15, -0.1) is 0 Å². The van der Waals surface area contributed by atoms with Gasteiger partial charge < -0.3 is 9.80 Å². The van der Waals surface area contributed by atoms with E-state index < -0.39 is 29.5 Å². The van der Waals surface area contributed by atoms with Crippen LogP contribution >= 0.6 is 23.2 Å². The minimum atomic E-state index is -4.98. The molecule has 43 heavy (non-hydrogen) atoms. The Bertz CT molecular complexity index is 1560. The fourth-order valence-electron chi connectivity index (χ4n) is 5.16. The van der Waals surface area contributed by atoms with Crippen molar-refractivity contribution in [1.29, 1.82) is 0 Å². The summed E-state index contributed by atoms with van der Waals surface area (Å²) in [4.78, 5) is 20.6. The van der Waals surface area contributed by atoms with Crippen molar-refractivity contribution in [3.05, 3.63) is 76.2 Å². The first-order chi connectivity index (χ1) is 20.2. The highest BCUT2D eigenvalue weighted by molar-refractivity contribution is 6.33. The highest BCUT2D eigenvalue weighted by Crippen LogP contribution is 2.38. The number of hydrogen-bond acceptors (Lipinski definition) is 7. The van der Waals surface area contributed by atoms with Crippen LogP contribution in [0.5, 0.6) is 0 Å². The minimum absolute atomic E-state index is 0.0208. The van der Waals surface area contributed by atoms with Crippen molar-refractivity contribution in [2.24, 2.45) is 7.05 Å². The van der Waals surface area contributed by atoms with Gasteiger partial charge in [-0.05, 0) is 48.2 Å². The molecule has 0 aliphatic carbocycles. The molecule has 0 radical (unpaired) electrons. The zero-order chi connectivity index (χ0) is 31.1. The van der Waals surface area contributed by atoms with Crippen LogP contribution in [0.15, 0.2) is 49.2 Å². The van der Waals surface area contributed by atoms with E-state index in [1.165, 1.54) is 18.6 Å². The summed E-state index contributed by atoms with van der Waals surface area (Å²) >= 11 is 12.4. The van der Waals surface area contributed by atoms with Gasteiger partial charge in [0.2, 0.25) is 11.2 Å². The molecule has 228 valence electrons. The summed E-state index contributed by atoms with van der Waals surface area (Å²) in [5.74, 6) is 0.509. The highest BCUT2D eigenvalue weighted by atomic mass is 35.5. The Labute approximate surface area is 252 Å². The Morgan fingerprint density at radius 3 is 2.12 bits per heavy atom. The number of hydrogen-bond donors (Lipinski definition) is 0. The van der Waals surface area contributed by atoms with E-state index in [0.29, 0.717) is 24.2 Å². The Morgan fingerprint density at radius 1 is 0.907 bits per heavy atom. The van der Waals surface area contributed by atoms with E-state index >= 15 is 0 Å². The Hall–Kier alpha value is -3.65. The fourth-order valence-corrected chi connectivity index (χ4v) is 5.49. The first-order valence-electron chi connectivity index (χ1n) is 13.0. The van der Waals surface area contributed by atoms with Gasteiger partial charge in [-0.2, -0.15) is 36.4 Å². The monoisotopic (exact) mass is 644 g/mol. The molecule has 0 bridgehead atoms. The van der Waals surface area contributed by atoms with E-state index in [1.54, 1.807) is 29.0 Å². The normalized spacial score (nSPS) is 17.5. The smallest absolute Gasteiger partial charge is 0.350 e. The van der Waals surface area contributed by atoms with Crippen LogP contribution in [0.2, 0.25) is 10.3 Å². The number of halogens is 8. The second-order valence-electron chi connectivity index (χ2n) is 10.1. The van der Waals surface area contributed by atoms with E-state index in [9.17, 15) is 26.3 Å². The molecule has 1 aliphatic rings. The molecule has 0 saturated carbocycles. The molecule has 4 heterocycles. The molecule has 1 unspecified atom stereocenters. The zero-order valence-corrected chi connectivity index (χ0v) is 24.2. The summed E-state index contributed by atoms with van der Waals surface area (Å²) in [7, 11) is 1.75. The molecule has 0 N–H and O–H groups in total. The number of benzene rings is 1. The first-order valence-corrected chi connectivity index (χ1v) is 13.8. The van der Waals surface area contributed by atoms with Crippen molar-refractivity contribution in [3.8, 4) is 11.1 Å².